The third-order valence-corrected chi connectivity index (χ3v) is 18.2. The van der Waals surface area contributed by atoms with Crippen molar-refractivity contribution in [1.82, 2.24) is 59.7 Å². The summed E-state index contributed by atoms with van der Waals surface area (Å²) in [6.07, 6.45) is 2.71. The number of carbonyl (C=O) groups is 3. The fourth-order valence-corrected chi connectivity index (χ4v) is 13.8. The van der Waals surface area contributed by atoms with Crippen LogP contribution < -0.4 is 59.1 Å². The van der Waals surface area contributed by atoms with Crippen molar-refractivity contribution in [2.75, 3.05) is 102 Å². The van der Waals surface area contributed by atoms with Gasteiger partial charge in [-0.25, -0.2) is 28.5 Å². The highest BCUT2D eigenvalue weighted by molar-refractivity contribution is 7.99. The van der Waals surface area contributed by atoms with Crippen molar-refractivity contribution < 1.29 is 42.8 Å². The zero-order valence-corrected chi connectivity index (χ0v) is 58.4. The highest BCUT2D eigenvalue weighted by Gasteiger charge is 2.31. The number of fused-ring (bicyclic) bond motifs is 3. The maximum absolute atomic E-state index is 11.6. The standard InChI is InChI=1S/C27H29N5O3.C23H29N5O3S.C22H27N5O3/c1-17-26(20-10-11-24(34-3)25(14-20)35-4)32-27(28-17)23(31-13-12-21(16-31)29-18(2)33)15-22(30-32)19-8-6-5-7-9-19;1-6-32-21-12-18(27-10-9-17(13-27)25-15(3)29)23-24-14(2)22(28(23)26-21)16-7-8-19(30-4)20(11-16)31-5;1-13-10-18(26-9-8-17(12-26)24-15(3)28)22-23-14(2)21(27(22)25-13)16-6-7-19(29-4)20(11-16)30-5/h5-11,14-15,21H,12-13,16H2,1-4H3,(H,29,33);7-8,11-12,17H,6,9-10,13H2,1-5H3,(H,25,29);6-7,10-11,17H,8-9,12H2,1-5H3,(H,24,28)/t21-;2*17-/m111/s1. The maximum Gasteiger partial charge on any atom is 0.217 e. The normalized spacial score (nSPS) is 15.8. The maximum atomic E-state index is 11.6. The molecule has 9 heterocycles. The number of methoxy groups -OCH3 is 6. The average Bonchev–Trinajstić information content (AvgIpc) is 1.63. The van der Waals surface area contributed by atoms with E-state index in [0.717, 1.165) is 171 Å². The zero-order chi connectivity index (χ0) is 68.8. The van der Waals surface area contributed by atoms with Crippen LogP contribution in [-0.2, 0) is 14.4 Å². The number of rotatable bonds is 18. The van der Waals surface area contributed by atoms with Crippen LogP contribution in [0.25, 0.3) is 62.0 Å². The van der Waals surface area contributed by atoms with E-state index in [-0.39, 0.29) is 35.8 Å². The van der Waals surface area contributed by atoms with Crippen LogP contribution in [0.2, 0.25) is 0 Å². The second kappa shape index (κ2) is 29.8. The second-order valence-corrected chi connectivity index (χ2v) is 25.5. The fourth-order valence-electron chi connectivity index (χ4n) is 13.2. The van der Waals surface area contributed by atoms with E-state index in [2.05, 4.69) is 67.9 Å². The molecule has 25 heteroatoms. The molecule has 0 spiro atoms. The largest absolute Gasteiger partial charge is 0.493 e. The number of nitrogens with zero attached hydrogens (tertiary/aromatic N) is 12. The van der Waals surface area contributed by atoms with E-state index in [4.69, 9.17) is 58.7 Å². The van der Waals surface area contributed by atoms with Gasteiger partial charge in [-0.15, -0.1) is 11.8 Å². The number of ether oxygens (including phenoxy) is 6. The number of hydrogen-bond acceptors (Lipinski definition) is 19. The van der Waals surface area contributed by atoms with Crippen molar-refractivity contribution in [2.45, 2.75) is 97.8 Å². The van der Waals surface area contributed by atoms with Crippen LogP contribution >= 0.6 is 11.8 Å². The summed E-state index contributed by atoms with van der Waals surface area (Å²) in [5.74, 6) is 4.93. The van der Waals surface area contributed by atoms with E-state index in [1.807, 2.05) is 114 Å². The number of carbonyl (C=O) groups excluding carboxylic acids is 3. The Hall–Kier alpha value is -10.3. The van der Waals surface area contributed by atoms with E-state index in [0.29, 0.717) is 34.5 Å². The smallest absolute Gasteiger partial charge is 0.217 e. The van der Waals surface area contributed by atoms with Crippen molar-refractivity contribution in [1.29, 1.82) is 0 Å². The van der Waals surface area contributed by atoms with Gasteiger partial charge in [0.1, 0.15) is 5.03 Å². The number of nitrogens with one attached hydrogen (secondary N) is 3. The van der Waals surface area contributed by atoms with Gasteiger partial charge in [0.25, 0.3) is 0 Å². The summed E-state index contributed by atoms with van der Waals surface area (Å²) < 4.78 is 38.5. The Labute approximate surface area is 569 Å². The summed E-state index contributed by atoms with van der Waals surface area (Å²) >= 11 is 1.70. The molecule has 3 saturated heterocycles. The van der Waals surface area contributed by atoms with Crippen molar-refractivity contribution in [3.8, 4) is 79.5 Å². The van der Waals surface area contributed by atoms with Crippen LogP contribution in [-0.4, -0.2) is 167 Å². The number of aryl methyl sites for hydroxylation is 4. The Bertz CT molecular complexity index is 4540. The van der Waals surface area contributed by atoms with E-state index in [1.165, 1.54) is 0 Å². The Morgan fingerprint density at radius 3 is 1.18 bits per heavy atom. The quantitative estimate of drug-likeness (QED) is 0.0676. The Kier molecular flexibility index (Phi) is 20.9. The lowest BCUT2D eigenvalue weighted by atomic mass is 10.1. The predicted molar refractivity (Wildman–Crippen MR) is 379 cm³/mol. The lowest BCUT2D eigenvalue weighted by Crippen LogP contribution is -2.35. The van der Waals surface area contributed by atoms with Gasteiger partial charge in [-0.3, -0.25) is 14.4 Å². The molecule has 0 bridgehead atoms. The van der Waals surface area contributed by atoms with E-state index in [9.17, 15) is 14.4 Å². The molecule has 97 heavy (non-hydrogen) atoms. The molecule has 508 valence electrons. The fraction of sp³-hybridized carbons (Fsp3) is 0.375. The first-order chi connectivity index (χ1) is 46.8. The van der Waals surface area contributed by atoms with E-state index < -0.39 is 0 Å². The summed E-state index contributed by atoms with van der Waals surface area (Å²) in [6.45, 7) is 19.6. The molecule has 3 N–H and O–H groups in total. The van der Waals surface area contributed by atoms with Crippen molar-refractivity contribution in [3.63, 3.8) is 0 Å². The Morgan fingerprint density at radius 1 is 0.443 bits per heavy atom. The third-order valence-electron chi connectivity index (χ3n) is 17.5. The van der Waals surface area contributed by atoms with Crippen LogP contribution in [0.4, 0.5) is 17.1 Å². The summed E-state index contributed by atoms with van der Waals surface area (Å²) in [5, 5.41) is 24.7. The molecule has 13 rings (SSSR count). The Balaban J connectivity index is 0.000000148. The molecule has 24 nitrogen and oxygen atoms in total. The van der Waals surface area contributed by atoms with Gasteiger partial charge in [0.05, 0.1) is 105 Å². The minimum Gasteiger partial charge on any atom is -0.493 e. The first-order valence-electron chi connectivity index (χ1n) is 32.4. The summed E-state index contributed by atoms with van der Waals surface area (Å²) in [4.78, 5) is 56.2. The second-order valence-electron chi connectivity index (χ2n) is 24.2. The minimum atomic E-state index is -0.00547. The van der Waals surface area contributed by atoms with Gasteiger partial charge in [0.15, 0.2) is 51.4 Å². The average molecular weight is 1340 g/mol. The van der Waals surface area contributed by atoms with Gasteiger partial charge in [0, 0.05) is 100 Å². The number of aromatic nitrogens is 9. The molecule has 3 aliphatic rings. The zero-order valence-electron chi connectivity index (χ0n) is 57.6. The van der Waals surface area contributed by atoms with Crippen LogP contribution in [0, 0.1) is 27.7 Å². The molecule has 6 aromatic heterocycles. The molecule has 3 atom stereocenters. The van der Waals surface area contributed by atoms with Crippen LogP contribution in [0.15, 0.2) is 108 Å². The van der Waals surface area contributed by atoms with Gasteiger partial charge in [0.2, 0.25) is 17.7 Å². The number of thioether (sulfide) groups is 1. The SMILES string of the molecule is CCSc1cc(N2CC[C@@H](NC(C)=O)C2)c2nc(C)c(-c3ccc(OC)c(OC)c3)n2n1.COc1ccc(-c2c(C)nc3c(N4CC[C@@H](NC(C)=O)C4)cc(-c4ccccc4)nn23)cc1OC.COc1ccc(-c2c(C)nc3c(N4CC[C@@H](NC(C)=O)C4)cc(C)nn23)cc1OC. The first kappa shape index (κ1) is 68.1. The summed E-state index contributed by atoms with van der Waals surface area (Å²) in [7, 11) is 9.77. The molecule has 0 unspecified atom stereocenters. The van der Waals surface area contributed by atoms with Crippen LogP contribution in [0.5, 0.6) is 34.5 Å². The van der Waals surface area contributed by atoms with Crippen molar-refractivity contribution >= 4 is 63.5 Å². The summed E-state index contributed by atoms with van der Waals surface area (Å²) in [6, 6.07) is 34.4. The lowest BCUT2D eigenvalue weighted by Gasteiger charge is -2.20. The van der Waals surface area contributed by atoms with Crippen molar-refractivity contribution in [3.05, 3.63) is 126 Å². The molecule has 10 aromatic rings. The van der Waals surface area contributed by atoms with Crippen LogP contribution in [0.1, 0.15) is 69.7 Å². The van der Waals surface area contributed by atoms with Crippen LogP contribution in [0.3, 0.4) is 0 Å². The first-order valence-corrected chi connectivity index (χ1v) is 33.4. The molecule has 0 aliphatic carbocycles. The van der Waals surface area contributed by atoms with Gasteiger partial charge in [-0.2, -0.15) is 15.3 Å². The summed E-state index contributed by atoms with van der Waals surface area (Å²) in [5.41, 5.74) is 16.5. The highest BCUT2D eigenvalue weighted by Crippen LogP contribution is 2.41. The number of hydrogen-bond donors (Lipinski definition) is 3. The van der Waals surface area contributed by atoms with Gasteiger partial charge >= 0.3 is 0 Å². The molecular formula is C72H85N15O9S. The third kappa shape index (κ3) is 14.6. The van der Waals surface area contributed by atoms with Crippen molar-refractivity contribution in [2.24, 2.45) is 0 Å². The van der Waals surface area contributed by atoms with Gasteiger partial charge < -0.3 is 59.1 Å². The number of anilines is 3. The van der Waals surface area contributed by atoms with E-state index in [1.54, 1.807) is 75.2 Å². The molecule has 3 fully saturated rings. The minimum absolute atomic E-state index is 0.00491. The molecular weight excluding hydrogens is 1250 g/mol. The number of amides is 3. The van der Waals surface area contributed by atoms with Gasteiger partial charge in [-0.05, 0) is 126 Å². The lowest BCUT2D eigenvalue weighted by molar-refractivity contribution is -0.120. The Morgan fingerprint density at radius 2 is 0.804 bits per heavy atom. The molecule has 0 radical (unpaired) electrons. The number of imidazole rings is 3. The molecule has 0 saturated carbocycles. The molecule has 3 aliphatic heterocycles. The van der Waals surface area contributed by atoms with Gasteiger partial charge in [-0.1, -0.05) is 37.3 Å². The number of benzene rings is 4. The topological polar surface area (TPSA) is 243 Å². The van der Waals surface area contributed by atoms with E-state index >= 15 is 0 Å². The molecule has 3 amide bonds. The highest BCUT2D eigenvalue weighted by atomic mass is 32.2. The molecule has 4 aromatic carbocycles. The monoisotopic (exact) mass is 1340 g/mol. The predicted octanol–water partition coefficient (Wildman–Crippen LogP) is 10.4.